The average Bonchev–Trinajstić information content (AvgIpc) is 3.35. The van der Waals surface area contributed by atoms with Gasteiger partial charge in [0, 0.05) is 15.5 Å². The van der Waals surface area contributed by atoms with Crippen molar-refractivity contribution < 1.29 is 19.1 Å². The van der Waals surface area contributed by atoms with E-state index in [4.69, 9.17) is 10.00 Å². The first-order chi connectivity index (χ1) is 16.0. The van der Waals surface area contributed by atoms with Gasteiger partial charge in [0.25, 0.3) is 5.91 Å². The molecule has 0 saturated heterocycles. The molecule has 2 aromatic carbocycles. The van der Waals surface area contributed by atoms with Crippen molar-refractivity contribution in [2.45, 2.75) is 24.5 Å². The van der Waals surface area contributed by atoms with E-state index in [-0.39, 0.29) is 23.1 Å². The molecule has 3 aromatic rings. The van der Waals surface area contributed by atoms with Gasteiger partial charge < -0.3 is 15.4 Å². The third-order valence-corrected chi connectivity index (χ3v) is 6.36. The topological polar surface area (TPSA) is 108 Å². The highest BCUT2D eigenvalue weighted by atomic mass is 32.2. The molecule has 33 heavy (non-hydrogen) atoms. The molecule has 0 aliphatic heterocycles. The molecular formula is C24H21N3O4S2. The number of ether oxygens (including phenoxy) is 1. The molecule has 1 heterocycles. The largest absolute Gasteiger partial charge is 0.449 e. The Hall–Kier alpha value is -3.61. The van der Waals surface area contributed by atoms with E-state index >= 15 is 0 Å². The molecule has 0 fully saturated rings. The molecule has 0 saturated carbocycles. The summed E-state index contributed by atoms with van der Waals surface area (Å²) >= 11 is 2.71. The minimum Gasteiger partial charge on any atom is -0.449 e. The third-order valence-electron chi connectivity index (χ3n) is 4.41. The van der Waals surface area contributed by atoms with E-state index in [0.29, 0.717) is 22.7 Å². The van der Waals surface area contributed by atoms with E-state index in [0.717, 1.165) is 4.88 Å². The minimum absolute atomic E-state index is 0.0535. The van der Waals surface area contributed by atoms with E-state index in [1.807, 2.05) is 23.6 Å². The van der Waals surface area contributed by atoms with Crippen molar-refractivity contribution in [2.24, 2.45) is 0 Å². The van der Waals surface area contributed by atoms with Crippen LogP contribution in [0.25, 0.3) is 0 Å². The Morgan fingerprint density at radius 3 is 2.70 bits per heavy atom. The number of esters is 1. The van der Waals surface area contributed by atoms with Gasteiger partial charge in [0.15, 0.2) is 6.10 Å². The van der Waals surface area contributed by atoms with Crippen molar-refractivity contribution in [3.8, 4) is 6.07 Å². The standard InChI is InChI=1S/C24H21N3O4S2/c1-16(23(29)26-14-19-8-5-11-32-19)31-24(30)20-9-2-3-10-21(20)33-15-22(28)27-18-7-4-6-17(12-18)13-25/h2-12,16H,14-15H2,1H3,(H,26,29)(H,27,28). The van der Waals surface area contributed by atoms with Crippen molar-refractivity contribution in [3.63, 3.8) is 0 Å². The van der Waals surface area contributed by atoms with Gasteiger partial charge in [-0.05, 0) is 48.7 Å². The summed E-state index contributed by atoms with van der Waals surface area (Å²) < 4.78 is 5.34. The molecule has 1 aromatic heterocycles. The van der Waals surface area contributed by atoms with Crippen molar-refractivity contribution in [3.05, 3.63) is 82.0 Å². The van der Waals surface area contributed by atoms with Crippen LogP contribution in [0.5, 0.6) is 0 Å². The maximum atomic E-state index is 12.7. The Labute approximate surface area is 199 Å². The zero-order valence-corrected chi connectivity index (χ0v) is 19.4. The molecule has 0 aliphatic rings. The minimum atomic E-state index is -0.966. The molecule has 1 atom stereocenters. The molecule has 168 valence electrons. The summed E-state index contributed by atoms with van der Waals surface area (Å²) in [4.78, 5) is 38.8. The van der Waals surface area contributed by atoms with Crippen LogP contribution in [0.3, 0.4) is 0 Å². The van der Waals surface area contributed by atoms with Gasteiger partial charge in [-0.2, -0.15) is 5.26 Å². The fourth-order valence-corrected chi connectivity index (χ4v) is 4.26. The van der Waals surface area contributed by atoms with Crippen LogP contribution in [0, 0.1) is 11.3 Å². The number of amides is 2. The molecule has 0 aliphatic carbocycles. The van der Waals surface area contributed by atoms with Gasteiger partial charge in [0.05, 0.1) is 29.5 Å². The maximum Gasteiger partial charge on any atom is 0.340 e. The van der Waals surface area contributed by atoms with Gasteiger partial charge in [0.1, 0.15) is 0 Å². The third kappa shape index (κ3) is 7.20. The van der Waals surface area contributed by atoms with Crippen LogP contribution in [0.1, 0.15) is 27.7 Å². The second kappa shape index (κ2) is 11.9. The molecule has 0 bridgehead atoms. The Balaban J connectivity index is 1.55. The Bertz CT molecular complexity index is 1170. The second-order valence-electron chi connectivity index (χ2n) is 6.87. The summed E-state index contributed by atoms with van der Waals surface area (Å²) in [5.74, 6) is -1.25. The Morgan fingerprint density at radius 1 is 1.12 bits per heavy atom. The van der Waals surface area contributed by atoms with Crippen LogP contribution in [0.15, 0.2) is 70.9 Å². The smallest absolute Gasteiger partial charge is 0.340 e. The summed E-state index contributed by atoms with van der Waals surface area (Å²) in [5, 5.41) is 16.4. The molecule has 7 nitrogen and oxygen atoms in total. The average molecular weight is 480 g/mol. The highest BCUT2D eigenvalue weighted by Crippen LogP contribution is 2.24. The number of anilines is 1. The molecule has 2 N–H and O–H groups in total. The number of carbonyl (C=O) groups excluding carboxylic acids is 3. The number of benzene rings is 2. The molecule has 2 amide bonds. The first kappa shape index (κ1) is 24.0. The maximum absolute atomic E-state index is 12.7. The number of thioether (sulfide) groups is 1. The molecule has 0 radical (unpaired) electrons. The molecule has 1 unspecified atom stereocenters. The van der Waals surface area contributed by atoms with Crippen molar-refractivity contribution >= 4 is 46.6 Å². The van der Waals surface area contributed by atoms with E-state index in [2.05, 4.69) is 10.6 Å². The predicted molar refractivity (Wildman–Crippen MR) is 128 cm³/mol. The van der Waals surface area contributed by atoms with Gasteiger partial charge in [-0.3, -0.25) is 9.59 Å². The highest BCUT2D eigenvalue weighted by molar-refractivity contribution is 8.00. The van der Waals surface area contributed by atoms with Crippen LogP contribution in [0.4, 0.5) is 5.69 Å². The summed E-state index contributed by atoms with van der Waals surface area (Å²) in [6.45, 7) is 1.89. The number of carbonyl (C=O) groups is 3. The first-order valence-electron chi connectivity index (χ1n) is 9.99. The predicted octanol–water partition coefficient (Wildman–Crippen LogP) is 4.21. The SMILES string of the molecule is CC(OC(=O)c1ccccc1SCC(=O)Nc1cccc(C#N)c1)C(=O)NCc1cccs1. The summed E-state index contributed by atoms with van der Waals surface area (Å²) in [6, 6.07) is 19.2. The monoisotopic (exact) mass is 479 g/mol. The second-order valence-corrected chi connectivity index (χ2v) is 8.92. The highest BCUT2D eigenvalue weighted by Gasteiger charge is 2.21. The molecular weight excluding hydrogens is 458 g/mol. The lowest BCUT2D eigenvalue weighted by Crippen LogP contribution is -2.35. The molecule has 0 spiro atoms. The summed E-state index contributed by atoms with van der Waals surface area (Å²) in [5.41, 5.74) is 1.25. The van der Waals surface area contributed by atoms with Gasteiger partial charge in [-0.15, -0.1) is 23.1 Å². The van der Waals surface area contributed by atoms with E-state index in [1.165, 1.54) is 30.0 Å². The quantitative estimate of drug-likeness (QED) is 0.352. The van der Waals surface area contributed by atoms with Crippen LogP contribution in [-0.2, 0) is 20.9 Å². The molecule has 3 rings (SSSR count). The first-order valence-corrected chi connectivity index (χ1v) is 11.9. The number of thiophene rings is 1. The van der Waals surface area contributed by atoms with Gasteiger partial charge in [0.2, 0.25) is 5.91 Å². The van der Waals surface area contributed by atoms with E-state index in [9.17, 15) is 14.4 Å². The van der Waals surface area contributed by atoms with Crippen LogP contribution in [0.2, 0.25) is 0 Å². The van der Waals surface area contributed by atoms with Crippen LogP contribution >= 0.6 is 23.1 Å². The lowest BCUT2D eigenvalue weighted by atomic mass is 10.2. The van der Waals surface area contributed by atoms with Crippen molar-refractivity contribution in [1.29, 1.82) is 5.26 Å². The number of hydrogen-bond donors (Lipinski definition) is 2. The number of rotatable bonds is 9. The zero-order chi connectivity index (χ0) is 23.6. The Kier molecular flexibility index (Phi) is 8.63. The van der Waals surface area contributed by atoms with E-state index < -0.39 is 12.1 Å². The number of hydrogen-bond acceptors (Lipinski definition) is 7. The molecule has 9 heteroatoms. The lowest BCUT2D eigenvalue weighted by Gasteiger charge is -2.15. The fraction of sp³-hybridized carbons (Fsp3) is 0.167. The van der Waals surface area contributed by atoms with Crippen LogP contribution in [-0.4, -0.2) is 29.6 Å². The van der Waals surface area contributed by atoms with Crippen LogP contribution < -0.4 is 10.6 Å². The van der Waals surface area contributed by atoms with Crippen molar-refractivity contribution in [2.75, 3.05) is 11.1 Å². The van der Waals surface area contributed by atoms with Gasteiger partial charge in [-0.25, -0.2) is 4.79 Å². The lowest BCUT2D eigenvalue weighted by molar-refractivity contribution is -0.129. The van der Waals surface area contributed by atoms with Gasteiger partial charge in [-0.1, -0.05) is 24.3 Å². The summed E-state index contributed by atoms with van der Waals surface area (Å²) in [7, 11) is 0. The van der Waals surface area contributed by atoms with Crippen molar-refractivity contribution in [1.82, 2.24) is 5.32 Å². The number of nitriles is 1. The number of nitrogens with zero attached hydrogens (tertiary/aromatic N) is 1. The number of nitrogens with one attached hydrogen (secondary N) is 2. The fourth-order valence-electron chi connectivity index (χ4n) is 2.78. The Morgan fingerprint density at radius 2 is 1.94 bits per heavy atom. The van der Waals surface area contributed by atoms with E-state index in [1.54, 1.807) is 48.5 Å². The normalized spacial score (nSPS) is 11.2. The van der Waals surface area contributed by atoms with Gasteiger partial charge >= 0.3 is 5.97 Å². The summed E-state index contributed by atoms with van der Waals surface area (Å²) in [6.07, 6.45) is -0.966. The zero-order valence-electron chi connectivity index (χ0n) is 17.7.